The molecule has 0 aliphatic rings. The van der Waals surface area contributed by atoms with E-state index in [0.29, 0.717) is 0 Å². The highest BCUT2D eigenvalue weighted by molar-refractivity contribution is 5.97. The van der Waals surface area contributed by atoms with Crippen LogP contribution in [-0.2, 0) is 17.1 Å². The van der Waals surface area contributed by atoms with E-state index in [1.165, 1.54) is 6.08 Å². The number of carbonyl (C=O) groups is 2. The van der Waals surface area contributed by atoms with Crippen LogP contribution in [0.5, 0.6) is 0 Å². The number of benzene rings is 2. The van der Waals surface area contributed by atoms with Gasteiger partial charge < -0.3 is 11.1 Å². The number of hydrogen-bond acceptors (Lipinski definition) is 2. The highest BCUT2D eigenvalue weighted by atomic mass is 19.4. The molecular weight excluding hydrogens is 414 g/mol. The molecule has 30 heavy (non-hydrogen) atoms. The van der Waals surface area contributed by atoms with Crippen molar-refractivity contribution in [2.75, 3.05) is 0 Å². The number of rotatable bonds is 6. The van der Waals surface area contributed by atoms with Crippen LogP contribution < -0.4 is 11.1 Å². The number of hydrogen-bond donors (Lipinski definition) is 2. The van der Waals surface area contributed by atoms with Gasteiger partial charge in [-0.05, 0) is 30.2 Å². The first-order valence-corrected chi connectivity index (χ1v) is 8.49. The average Bonchev–Trinajstić information content (AvgIpc) is 2.66. The number of amides is 2. The number of nitrogens with two attached hydrogens (primary N) is 1. The molecule has 0 radical (unpaired) electrons. The van der Waals surface area contributed by atoms with Crippen molar-refractivity contribution in [2.45, 2.75) is 24.8 Å². The van der Waals surface area contributed by atoms with E-state index in [2.05, 4.69) is 5.32 Å². The SMILES string of the molecule is NC(=O)[C@H](C/C=C/c1ccccc1)NC(=O)c1cc(C(F)(F)F)cc(C(F)(F)F)c1. The fourth-order valence-corrected chi connectivity index (χ4v) is 2.48. The van der Waals surface area contributed by atoms with Crippen molar-refractivity contribution in [3.05, 3.63) is 76.9 Å². The lowest BCUT2D eigenvalue weighted by Gasteiger charge is -2.17. The summed E-state index contributed by atoms with van der Waals surface area (Å²) in [5.41, 5.74) is 1.80. The van der Waals surface area contributed by atoms with Gasteiger partial charge >= 0.3 is 12.4 Å². The van der Waals surface area contributed by atoms with Gasteiger partial charge in [-0.15, -0.1) is 0 Å². The van der Waals surface area contributed by atoms with Gasteiger partial charge in [0.2, 0.25) is 5.91 Å². The summed E-state index contributed by atoms with van der Waals surface area (Å²) in [5.74, 6) is -2.28. The summed E-state index contributed by atoms with van der Waals surface area (Å²) in [6, 6.07) is 7.97. The molecule has 0 unspecified atom stereocenters. The molecule has 10 heteroatoms. The molecule has 0 fully saturated rings. The van der Waals surface area contributed by atoms with Crippen molar-refractivity contribution >= 4 is 17.9 Å². The Morgan fingerprint density at radius 1 is 0.933 bits per heavy atom. The second-order valence-electron chi connectivity index (χ2n) is 6.27. The zero-order valence-corrected chi connectivity index (χ0v) is 15.2. The molecule has 0 heterocycles. The topological polar surface area (TPSA) is 72.2 Å². The van der Waals surface area contributed by atoms with Crippen LogP contribution in [0.1, 0.15) is 33.5 Å². The Hall–Kier alpha value is -3.30. The van der Waals surface area contributed by atoms with Crippen LogP contribution in [-0.4, -0.2) is 17.9 Å². The molecule has 1 atom stereocenters. The van der Waals surface area contributed by atoms with E-state index in [-0.39, 0.29) is 24.6 Å². The van der Waals surface area contributed by atoms with Gasteiger partial charge in [-0.3, -0.25) is 9.59 Å². The van der Waals surface area contributed by atoms with Crippen LogP contribution in [0.2, 0.25) is 0 Å². The van der Waals surface area contributed by atoms with E-state index in [9.17, 15) is 35.9 Å². The molecular formula is C20H16F6N2O2. The van der Waals surface area contributed by atoms with Gasteiger partial charge in [0.1, 0.15) is 6.04 Å². The Balaban J connectivity index is 2.24. The fraction of sp³-hybridized carbons (Fsp3) is 0.200. The normalized spacial score (nSPS) is 13.3. The Labute approximate surface area is 167 Å². The Morgan fingerprint density at radius 2 is 1.47 bits per heavy atom. The third kappa shape index (κ3) is 6.36. The molecule has 0 saturated heterocycles. The number of nitrogens with one attached hydrogen (secondary N) is 1. The van der Waals surface area contributed by atoms with Crippen LogP contribution in [0.4, 0.5) is 26.3 Å². The van der Waals surface area contributed by atoms with Crippen LogP contribution in [0.15, 0.2) is 54.6 Å². The van der Waals surface area contributed by atoms with Gasteiger partial charge in [-0.2, -0.15) is 26.3 Å². The van der Waals surface area contributed by atoms with Crippen LogP contribution >= 0.6 is 0 Å². The first-order chi connectivity index (χ1) is 13.9. The molecule has 0 aliphatic carbocycles. The second kappa shape index (κ2) is 9.02. The molecule has 4 nitrogen and oxygen atoms in total. The van der Waals surface area contributed by atoms with E-state index in [0.717, 1.165) is 5.56 Å². The first kappa shape index (κ1) is 23.0. The summed E-state index contributed by atoms with van der Waals surface area (Å²) in [6.07, 6.45) is -7.19. The molecule has 0 aromatic heterocycles. The highest BCUT2D eigenvalue weighted by Crippen LogP contribution is 2.36. The summed E-state index contributed by atoms with van der Waals surface area (Å²) < 4.78 is 77.6. The van der Waals surface area contributed by atoms with E-state index in [1.54, 1.807) is 36.4 Å². The maximum atomic E-state index is 12.9. The monoisotopic (exact) mass is 430 g/mol. The summed E-state index contributed by atoms with van der Waals surface area (Å²) in [4.78, 5) is 23.8. The molecule has 0 spiro atoms. The van der Waals surface area contributed by atoms with Crippen molar-refractivity contribution in [3.8, 4) is 0 Å². The number of alkyl halides is 6. The van der Waals surface area contributed by atoms with Gasteiger partial charge in [0.25, 0.3) is 5.91 Å². The summed E-state index contributed by atoms with van der Waals surface area (Å²) in [7, 11) is 0. The molecule has 2 aromatic carbocycles. The third-order valence-electron chi connectivity index (χ3n) is 3.98. The zero-order valence-electron chi connectivity index (χ0n) is 15.2. The first-order valence-electron chi connectivity index (χ1n) is 8.49. The standard InChI is InChI=1S/C20H16F6N2O2/c21-19(22,23)14-9-13(10-15(11-14)20(24,25)26)18(30)28-16(17(27)29)8-4-7-12-5-2-1-3-6-12/h1-7,9-11,16H,8H2,(H2,27,29)(H,28,30)/b7-4+/t16-/m0/s1. The minimum Gasteiger partial charge on any atom is -0.368 e. The Morgan fingerprint density at radius 3 is 1.93 bits per heavy atom. The fourth-order valence-electron chi connectivity index (χ4n) is 2.48. The van der Waals surface area contributed by atoms with E-state index in [1.807, 2.05) is 0 Å². The molecule has 2 amide bonds. The maximum absolute atomic E-state index is 12.9. The van der Waals surface area contributed by atoms with E-state index >= 15 is 0 Å². The largest absolute Gasteiger partial charge is 0.416 e. The van der Waals surface area contributed by atoms with E-state index < -0.39 is 46.9 Å². The molecule has 0 aliphatic heterocycles. The van der Waals surface area contributed by atoms with Crippen molar-refractivity contribution in [3.63, 3.8) is 0 Å². The predicted octanol–water partition coefficient (Wildman–Crippen LogP) is 4.41. The molecule has 3 N–H and O–H groups in total. The molecule has 2 rings (SSSR count). The lowest BCUT2D eigenvalue weighted by molar-refractivity contribution is -0.143. The van der Waals surface area contributed by atoms with Crippen LogP contribution in [0.3, 0.4) is 0 Å². The Kier molecular flexibility index (Phi) is 6.91. The van der Waals surface area contributed by atoms with Gasteiger partial charge in [0.15, 0.2) is 0 Å². The lowest BCUT2D eigenvalue weighted by atomic mass is 10.0. The van der Waals surface area contributed by atoms with Crippen molar-refractivity contribution in [1.82, 2.24) is 5.32 Å². The lowest BCUT2D eigenvalue weighted by Crippen LogP contribution is -2.44. The third-order valence-corrected chi connectivity index (χ3v) is 3.98. The van der Waals surface area contributed by atoms with Crippen LogP contribution in [0, 0.1) is 0 Å². The minimum absolute atomic E-state index is 0.0923. The second-order valence-corrected chi connectivity index (χ2v) is 6.27. The molecule has 0 bridgehead atoms. The Bertz CT molecular complexity index is 904. The summed E-state index contributed by atoms with van der Waals surface area (Å²) >= 11 is 0. The van der Waals surface area contributed by atoms with Crippen molar-refractivity contribution < 1.29 is 35.9 Å². The summed E-state index contributed by atoms with van der Waals surface area (Å²) in [5, 5.41) is 2.08. The van der Waals surface area contributed by atoms with Crippen molar-refractivity contribution in [2.24, 2.45) is 5.73 Å². The van der Waals surface area contributed by atoms with Crippen LogP contribution in [0.25, 0.3) is 6.08 Å². The number of halogens is 6. The molecule has 160 valence electrons. The molecule has 2 aromatic rings. The maximum Gasteiger partial charge on any atom is 0.416 e. The predicted molar refractivity (Wildman–Crippen MR) is 97.0 cm³/mol. The highest BCUT2D eigenvalue weighted by Gasteiger charge is 2.37. The average molecular weight is 430 g/mol. The number of carbonyl (C=O) groups excluding carboxylic acids is 2. The number of primary amides is 1. The quantitative estimate of drug-likeness (QED) is 0.667. The van der Waals surface area contributed by atoms with Gasteiger partial charge in [-0.25, -0.2) is 0 Å². The molecule has 0 saturated carbocycles. The van der Waals surface area contributed by atoms with E-state index in [4.69, 9.17) is 5.73 Å². The van der Waals surface area contributed by atoms with Gasteiger partial charge in [0, 0.05) is 5.56 Å². The minimum atomic E-state index is -5.10. The smallest absolute Gasteiger partial charge is 0.368 e. The van der Waals surface area contributed by atoms with Gasteiger partial charge in [0.05, 0.1) is 11.1 Å². The van der Waals surface area contributed by atoms with Crippen molar-refractivity contribution in [1.29, 1.82) is 0 Å². The summed E-state index contributed by atoms with van der Waals surface area (Å²) in [6.45, 7) is 0. The van der Waals surface area contributed by atoms with Gasteiger partial charge in [-0.1, -0.05) is 42.5 Å². The zero-order chi connectivity index (χ0) is 22.5.